The number of furan rings is 1. The zero-order chi connectivity index (χ0) is 10.6. The van der Waals surface area contributed by atoms with Crippen molar-refractivity contribution >= 4 is 37.8 Å². The van der Waals surface area contributed by atoms with Gasteiger partial charge < -0.3 is 9.73 Å². The molecule has 0 aliphatic carbocycles. The molecule has 78 valence electrons. The minimum absolute atomic E-state index is 0.145. The fourth-order valence-electron chi connectivity index (χ4n) is 0.943. The van der Waals surface area contributed by atoms with Gasteiger partial charge in [-0.3, -0.25) is 4.79 Å². The average molecular weight is 325 g/mol. The third-order valence-corrected chi connectivity index (χ3v) is 3.02. The Bertz CT molecular complexity index is 308. The summed E-state index contributed by atoms with van der Waals surface area (Å²) in [6.07, 6.45) is 0.888. The Kier molecular flexibility index (Phi) is 4.68. The maximum atomic E-state index is 11.5. The van der Waals surface area contributed by atoms with Crippen LogP contribution in [0.5, 0.6) is 0 Å². The van der Waals surface area contributed by atoms with Crippen LogP contribution in [-0.2, 0) is 0 Å². The molecule has 1 aromatic heterocycles. The maximum Gasteiger partial charge on any atom is 0.287 e. The normalized spacial score (nSPS) is 12.5. The summed E-state index contributed by atoms with van der Waals surface area (Å²) in [5.41, 5.74) is 0. The standard InChI is InChI=1S/C9H11Br2NO2/c1-2-6(5-10)12-9(13)7-3-4-8(11)14-7/h3-4,6H,2,5H2,1H3,(H,12,13). The third-order valence-electron chi connectivity index (χ3n) is 1.81. The predicted molar refractivity (Wildman–Crippen MR) is 61.7 cm³/mol. The van der Waals surface area contributed by atoms with E-state index < -0.39 is 0 Å². The van der Waals surface area contributed by atoms with Gasteiger partial charge in [-0.05, 0) is 34.5 Å². The smallest absolute Gasteiger partial charge is 0.287 e. The van der Waals surface area contributed by atoms with Crippen LogP contribution in [0.25, 0.3) is 0 Å². The van der Waals surface area contributed by atoms with E-state index in [0.717, 1.165) is 11.8 Å². The van der Waals surface area contributed by atoms with Gasteiger partial charge in [-0.2, -0.15) is 0 Å². The number of alkyl halides is 1. The van der Waals surface area contributed by atoms with E-state index >= 15 is 0 Å². The van der Waals surface area contributed by atoms with E-state index in [1.807, 2.05) is 6.92 Å². The van der Waals surface area contributed by atoms with Crippen molar-refractivity contribution in [3.8, 4) is 0 Å². The summed E-state index contributed by atoms with van der Waals surface area (Å²) in [4.78, 5) is 11.5. The van der Waals surface area contributed by atoms with E-state index in [4.69, 9.17) is 4.42 Å². The number of carbonyl (C=O) groups is 1. The highest BCUT2D eigenvalue weighted by Gasteiger charge is 2.13. The number of nitrogens with one attached hydrogen (secondary N) is 1. The Labute approximate surface area is 99.5 Å². The summed E-state index contributed by atoms with van der Waals surface area (Å²) in [6, 6.07) is 3.48. The van der Waals surface area contributed by atoms with Crippen molar-refractivity contribution in [3.63, 3.8) is 0 Å². The van der Waals surface area contributed by atoms with Crippen molar-refractivity contribution in [3.05, 3.63) is 22.6 Å². The van der Waals surface area contributed by atoms with Gasteiger partial charge in [0, 0.05) is 11.4 Å². The van der Waals surface area contributed by atoms with Crippen molar-refractivity contribution in [2.45, 2.75) is 19.4 Å². The van der Waals surface area contributed by atoms with E-state index in [9.17, 15) is 4.79 Å². The van der Waals surface area contributed by atoms with Crippen LogP contribution in [-0.4, -0.2) is 17.3 Å². The average Bonchev–Trinajstić information content (AvgIpc) is 2.61. The molecular formula is C9H11Br2NO2. The van der Waals surface area contributed by atoms with Gasteiger partial charge in [-0.15, -0.1) is 0 Å². The number of rotatable bonds is 4. The van der Waals surface area contributed by atoms with Gasteiger partial charge in [0.1, 0.15) is 0 Å². The fourth-order valence-corrected chi connectivity index (χ4v) is 1.87. The largest absolute Gasteiger partial charge is 0.444 e. The van der Waals surface area contributed by atoms with E-state index in [1.165, 1.54) is 0 Å². The summed E-state index contributed by atoms with van der Waals surface area (Å²) < 4.78 is 5.69. The Morgan fingerprint density at radius 1 is 1.64 bits per heavy atom. The van der Waals surface area contributed by atoms with E-state index in [0.29, 0.717) is 10.4 Å². The summed E-state index contributed by atoms with van der Waals surface area (Å²) in [5.74, 6) is 0.151. The molecule has 1 N–H and O–H groups in total. The van der Waals surface area contributed by atoms with Crippen LogP contribution in [0.2, 0.25) is 0 Å². The molecule has 0 fully saturated rings. The van der Waals surface area contributed by atoms with Crippen molar-refractivity contribution < 1.29 is 9.21 Å². The predicted octanol–water partition coefficient (Wildman–Crippen LogP) is 2.95. The minimum atomic E-state index is -0.179. The summed E-state index contributed by atoms with van der Waals surface area (Å²) in [5, 5.41) is 3.59. The number of carbonyl (C=O) groups excluding carboxylic acids is 1. The summed E-state index contributed by atoms with van der Waals surface area (Å²) in [6.45, 7) is 2.02. The van der Waals surface area contributed by atoms with E-state index in [-0.39, 0.29) is 11.9 Å². The topological polar surface area (TPSA) is 42.2 Å². The Hall–Kier alpha value is -0.290. The number of amides is 1. The Balaban J connectivity index is 2.58. The summed E-state index contributed by atoms with van der Waals surface area (Å²) in [7, 11) is 0. The molecule has 14 heavy (non-hydrogen) atoms. The van der Waals surface area contributed by atoms with E-state index in [2.05, 4.69) is 37.2 Å². The van der Waals surface area contributed by atoms with Crippen molar-refractivity contribution in [1.29, 1.82) is 0 Å². The molecule has 0 radical (unpaired) electrons. The first-order valence-corrected chi connectivity index (χ1v) is 6.21. The Morgan fingerprint density at radius 2 is 2.36 bits per heavy atom. The lowest BCUT2D eigenvalue weighted by Gasteiger charge is -2.12. The van der Waals surface area contributed by atoms with Crippen LogP contribution in [0.15, 0.2) is 21.2 Å². The molecule has 1 heterocycles. The molecule has 0 saturated carbocycles. The lowest BCUT2D eigenvalue weighted by Crippen LogP contribution is -2.35. The second kappa shape index (κ2) is 5.56. The molecule has 1 amide bonds. The molecular weight excluding hydrogens is 314 g/mol. The van der Waals surface area contributed by atoms with Crippen molar-refractivity contribution in [2.24, 2.45) is 0 Å². The molecule has 3 nitrogen and oxygen atoms in total. The minimum Gasteiger partial charge on any atom is -0.444 e. The van der Waals surface area contributed by atoms with Crippen LogP contribution in [0, 0.1) is 0 Å². The van der Waals surface area contributed by atoms with Crippen LogP contribution < -0.4 is 5.32 Å². The molecule has 0 spiro atoms. The maximum absolute atomic E-state index is 11.5. The fraction of sp³-hybridized carbons (Fsp3) is 0.444. The molecule has 1 rings (SSSR count). The SMILES string of the molecule is CCC(CBr)NC(=O)c1ccc(Br)o1. The molecule has 0 aliphatic heterocycles. The molecule has 0 aliphatic rings. The van der Waals surface area contributed by atoms with Gasteiger partial charge in [0.25, 0.3) is 5.91 Å². The first-order valence-electron chi connectivity index (χ1n) is 4.29. The monoisotopic (exact) mass is 323 g/mol. The number of hydrogen-bond donors (Lipinski definition) is 1. The first kappa shape index (κ1) is 11.8. The van der Waals surface area contributed by atoms with Gasteiger partial charge >= 0.3 is 0 Å². The summed E-state index contributed by atoms with van der Waals surface area (Å²) >= 11 is 6.47. The molecule has 1 atom stereocenters. The molecule has 1 aromatic rings. The van der Waals surface area contributed by atoms with Crippen LogP contribution >= 0.6 is 31.9 Å². The Morgan fingerprint density at radius 3 is 2.79 bits per heavy atom. The van der Waals surface area contributed by atoms with E-state index in [1.54, 1.807) is 12.1 Å². The second-order valence-corrected chi connectivity index (χ2v) is 4.27. The quantitative estimate of drug-likeness (QED) is 0.865. The van der Waals surface area contributed by atoms with Crippen LogP contribution in [0.3, 0.4) is 0 Å². The zero-order valence-corrected chi connectivity index (χ0v) is 10.9. The molecule has 5 heteroatoms. The van der Waals surface area contributed by atoms with Gasteiger partial charge in [0.2, 0.25) is 0 Å². The molecule has 0 saturated heterocycles. The first-order chi connectivity index (χ1) is 6.67. The van der Waals surface area contributed by atoms with Gasteiger partial charge in [-0.1, -0.05) is 22.9 Å². The van der Waals surface area contributed by atoms with Gasteiger partial charge in [0.15, 0.2) is 10.4 Å². The van der Waals surface area contributed by atoms with Crippen molar-refractivity contribution in [2.75, 3.05) is 5.33 Å². The molecule has 0 aromatic carbocycles. The van der Waals surface area contributed by atoms with Crippen LogP contribution in [0.1, 0.15) is 23.9 Å². The van der Waals surface area contributed by atoms with Crippen LogP contribution in [0.4, 0.5) is 0 Å². The lowest BCUT2D eigenvalue weighted by atomic mass is 10.2. The number of halogens is 2. The molecule has 0 bridgehead atoms. The lowest BCUT2D eigenvalue weighted by molar-refractivity contribution is 0.0911. The highest BCUT2D eigenvalue weighted by Crippen LogP contribution is 2.14. The highest BCUT2D eigenvalue weighted by atomic mass is 79.9. The zero-order valence-electron chi connectivity index (χ0n) is 7.72. The van der Waals surface area contributed by atoms with Crippen molar-refractivity contribution in [1.82, 2.24) is 5.32 Å². The molecule has 1 unspecified atom stereocenters. The van der Waals surface area contributed by atoms with Gasteiger partial charge in [-0.25, -0.2) is 0 Å². The number of hydrogen-bond acceptors (Lipinski definition) is 2. The second-order valence-electron chi connectivity index (χ2n) is 2.84. The third kappa shape index (κ3) is 3.13. The van der Waals surface area contributed by atoms with Gasteiger partial charge in [0.05, 0.1) is 0 Å². The highest BCUT2D eigenvalue weighted by molar-refractivity contribution is 9.10.